The standard InChI is InChI=1S/C42H82O9/c1-3-5-7-9-11-13-15-17-18-19-20-21-23-25-27-29-31-38(44)50-36(35-49-42-41(47)40(46)39(45)37(33-43)51-42)34-48-32-30-28-26-24-22-16-14-12-10-8-6-4-2/h36-37,39-43,45-47H,3-35H2,1-2H3. The Bertz CT molecular complexity index is 752. The molecule has 6 atom stereocenters. The van der Waals surface area contributed by atoms with Gasteiger partial charge in [0.2, 0.25) is 0 Å². The summed E-state index contributed by atoms with van der Waals surface area (Å²) in [4.78, 5) is 12.7. The summed E-state index contributed by atoms with van der Waals surface area (Å²) in [6.45, 7) is 4.59. The van der Waals surface area contributed by atoms with E-state index in [-0.39, 0.29) is 19.2 Å². The second kappa shape index (κ2) is 34.9. The normalized spacial score (nSPS) is 21.3. The van der Waals surface area contributed by atoms with Gasteiger partial charge in [-0.05, 0) is 12.8 Å². The van der Waals surface area contributed by atoms with Crippen LogP contribution in [0.3, 0.4) is 0 Å². The molecule has 6 unspecified atom stereocenters. The summed E-state index contributed by atoms with van der Waals surface area (Å²) in [6, 6.07) is 0. The molecule has 1 rings (SSSR count). The van der Waals surface area contributed by atoms with Gasteiger partial charge in [0.05, 0.1) is 19.8 Å². The van der Waals surface area contributed by atoms with Crippen molar-refractivity contribution in [1.29, 1.82) is 0 Å². The SMILES string of the molecule is CCCCCCCCCCCCCCCCCCC(=O)OC(COCCCCCCCCCCCCCC)COC1OC(CO)C(O)C(O)C1O. The molecule has 9 heteroatoms. The molecule has 0 aromatic rings. The number of rotatable bonds is 37. The van der Waals surface area contributed by atoms with Crippen molar-refractivity contribution in [2.24, 2.45) is 0 Å². The first-order valence-corrected chi connectivity index (χ1v) is 21.6. The molecule has 4 N–H and O–H groups in total. The second-order valence-corrected chi connectivity index (χ2v) is 15.2. The zero-order valence-electron chi connectivity index (χ0n) is 33.1. The van der Waals surface area contributed by atoms with Crippen LogP contribution < -0.4 is 0 Å². The van der Waals surface area contributed by atoms with Crippen molar-refractivity contribution >= 4 is 5.97 Å². The predicted molar refractivity (Wildman–Crippen MR) is 206 cm³/mol. The van der Waals surface area contributed by atoms with Crippen LogP contribution in [0.5, 0.6) is 0 Å². The van der Waals surface area contributed by atoms with E-state index >= 15 is 0 Å². The van der Waals surface area contributed by atoms with Gasteiger partial charge in [0, 0.05) is 13.0 Å². The molecule has 0 radical (unpaired) electrons. The van der Waals surface area contributed by atoms with E-state index in [0.717, 1.165) is 32.1 Å². The zero-order valence-corrected chi connectivity index (χ0v) is 33.1. The van der Waals surface area contributed by atoms with Crippen LogP contribution in [0.15, 0.2) is 0 Å². The summed E-state index contributed by atoms with van der Waals surface area (Å²) in [5, 5.41) is 40.0. The number of hydrogen-bond donors (Lipinski definition) is 4. The number of aliphatic hydroxyl groups excluding tert-OH is 4. The first-order chi connectivity index (χ1) is 24.9. The van der Waals surface area contributed by atoms with Gasteiger partial charge in [-0.25, -0.2) is 0 Å². The van der Waals surface area contributed by atoms with Crippen molar-refractivity contribution in [1.82, 2.24) is 0 Å². The Kier molecular flexibility index (Phi) is 33.0. The van der Waals surface area contributed by atoms with Crippen molar-refractivity contribution in [3.05, 3.63) is 0 Å². The van der Waals surface area contributed by atoms with Gasteiger partial charge in [-0.1, -0.05) is 181 Å². The van der Waals surface area contributed by atoms with Crippen LogP contribution in [0.2, 0.25) is 0 Å². The van der Waals surface area contributed by atoms with Crippen molar-refractivity contribution in [3.8, 4) is 0 Å². The smallest absolute Gasteiger partial charge is 0.306 e. The molecule has 1 saturated heterocycles. The maximum Gasteiger partial charge on any atom is 0.306 e. The average molecular weight is 731 g/mol. The molecular formula is C42H82O9. The third kappa shape index (κ3) is 26.6. The second-order valence-electron chi connectivity index (χ2n) is 15.2. The summed E-state index contributed by atoms with van der Waals surface area (Å²) >= 11 is 0. The highest BCUT2D eigenvalue weighted by molar-refractivity contribution is 5.69. The number of esters is 1. The molecule has 1 aliphatic rings. The molecule has 51 heavy (non-hydrogen) atoms. The fourth-order valence-electron chi connectivity index (χ4n) is 6.85. The molecule has 0 amide bonds. The number of carbonyl (C=O) groups excluding carboxylic acids is 1. The highest BCUT2D eigenvalue weighted by Crippen LogP contribution is 2.23. The van der Waals surface area contributed by atoms with Crippen LogP contribution in [0.25, 0.3) is 0 Å². The van der Waals surface area contributed by atoms with Crippen molar-refractivity contribution < 1.29 is 44.2 Å². The maximum atomic E-state index is 12.7. The van der Waals surface area contributed by atoms with Gasteiger partial charge in [-0.2, -0.15) is 0 Å². The Labute approximate surface area is 312 Å². The van der Waals surface area contributed by atoms with Crippen molar-refractivity contribution in [3.63, 3.8) is 0 Å². The average Bonchev–Trinajstić information content (AvgIpc) is 3.13. The zero-order chi connectivity index (χ0) is 37.2. The topological polar surface area (TPSA) is 135 Å². The Balaban J connectivity index is 2.26. The van der Waals surface area contributed by atoms with E-state index in [9.17, 15) is 25.2 Å². The van der Waals surface area contributed by atoms with Crippen molar-refractivity contribution in [2.45, 2.75) is 237 Å². The molecule has 0 saturated carbocycles. The van der Waals surface area contributed by atoms with E-state index in [0.29, 0.717) is 13.0 Å². The fourth-order valence-corrected chi connectivity index (χ4v) is 6.85. The van der Waals surface area contributed by atoms with Crippen LogP contribution in [0, 0.1) is 0 Å². The van der Waals surface area contributed by atoms with Crippen LogP contribution >= 0.6 is 0 Å². The van der Waals surface area contributed by atoms with E-state index in [2.05, 4.69) is 13.8 Å². The first kappa shape index (κ1) is 48.2. The van der Waals surface area contributed by atoms with Gasteiger partial charge < -0.3 is 39.4 Å². The Morgan fingerprint density at radius 1 is 0.549 bits per heavy atom. The van der Waals surface area contributed by atoms with Gasteiger partial charge in [0.1, 0.15) is 30.5 Å². The third-order valence-electron chi connectivity index (χ3n) is 10.3. The van der Waals surface area contributed by atoms with Crippen LogP contribution in [-0.4, -0.2) is 89.6 Å². The molecule has 1 fully saturated rings. The third-order valence-corrected chi connectivity index (χ3v) is 10.3. The van der Waals surface area contributed by atoms with Gasteiger partial charge in [-0.15, -0.1) is 0 Å². The monoisotopic (exact) mass is 731 g/mol. The highest BCUT2D eigenvalue weighted by Gasteiger charge is 2.44. The molecular weight excluding hydrogens is 648 g/mol. The summed E-state index contributed by atoms with van der Waals surface area (Å²) in [6.07, 6.45) is 28.4. The van der Waals surface area contributed by atoms with E-state index in [1.807, 2.05) is 0 Å². The molecule has 1 heterocycles. The molecule has 0 aromatic heterocycles. The molecule has 0 spiro atoms. The minimum atomic E-state index is -1.53. The van der Waals surface area contributed by atoms with Crippen LogP contribution in [0.4, 0.5) is 0 Å². The maximum absolute atomic E-state index is 12.7. The number of hydrogen-bond acceptors (Lipinski definition) is 9. The Morgan fingerprint density at radius 3 is 1.39 bits per heavy atom. The first-order valence-electron chi connectivity index (χ1n) is 21.6. The van der Waals surface area contributed by atoms with Gasteiger partial charge in [0.15, 0.2) is 6.29 Å². The summed E-state index contributed by atoms with van der Waals surface area (Å²) in [5.41, 5.74) is 0. The summed E-state index contributed by atoms with van der Waals surface area (Å²) in [7, 11) is 0. The van der Waals surface area contributed by atoms with Gasteiger partial charge in [0.25, 0.3) is 0 Å². The van der Waals surface area contributed by atoms with Crippen LogP contribution in [0.1, 0.15) is 200 Å². The molecule has 0 aliphatic carbocycles. The minimum absolute atomic E-state index is 0.105. The summed E-state index contributed by atoms with van der Waals surface area (Å²) < 4.78 is 22.8. The van der Waals surface area contributed by atoms with E-state index in [1.165, 1.54) is 148 Å². The quantitative estimate of drug-likeness (QED) is 0.0365. The lowest BCUT2D eigenvalue weighted by Crippen LogP contribution is -2.59. The van der Waals surface area contributed by atoms with Gasteiger partial charge in [-0.3, -0.25) is 4.79 Å². The summed E-state index contributed by atoms with van der Waals surface area (Å²) in [5.74, 6) is -0.309. The lowest BCUT2D eigenvalue weighted by atomic mass is 9.99. The predicted octanol–water partition coefficient (Wildman–Crippen LogP) is 9.08. The van der Waals surface area contributed by atoms with Crippen molar-refractivity contribution in [2.75, 3.05) is 26.4 Å². The largest absolute Gasteiger partial charge is 0.457 e. The number of aliphatic hydroxyl groups is 4. The fraction of sp³-hybridized carbons (Fsp3) is 0.976. The van der Waals surface area contributed by atoms with E-state index < -0.39 is 43.4 Å². The number of ether oxygens (including phenoxy) is 4. The number of carbonyl (C=O) groups is 1. The molecule has 0 aromatic carbocycles. The highest BCUT2D eigenvalue weighted by atomic mass is 16.7. The molecule has 0 bridgehead atoms. The van der Waals surface area contributed by atoms with E-state index in [4.69, 9.17) is 18.9 Å². The van der Waals surface area contributed by atoms with E-state index in [1.54, 1.807) is 0 Å². The lowest BCUT2D eigenvalue weighted by molar-refractivity contribution is -0.305. The molecule has 304 valence electrons. The Morgan fingerprint density at radius 2 is 0.961 bits per heavy atom. The minimum Gasteiger partial charge on any atom is -0.457 e. The van der Waals surface area contributed by atoms with Gasteiger partial charge >= 0.3 is 5.97 Å². The Hall–Kier alpha value is -0.810. The molecule has 1 aliphatic heterocycles. The van der Waals surface area contributed by atoms with Crippen LogP contribution in [-0.2, 0) is 23.7 Å². The number of unbranched alkanes of at least 4 members (excludes halogenated alkanes) is 26. The lowest BCUT2D eigenvalue weighted by Gasteiger charge is -2.39. The molecule has 9 nitrogen and oxygen atoms in total.